The van der Waals surface area contributed by atoms with Gasteiger partial charge in [0.15, 0.2) is 0 Å². The molecule has 1 fully saturated rings. The summed E-state index contributed by atoms with van der Waals surface area (Å²) in [5.74, 6) is 0.528. The van der Waals surface area contributed by atoms with E-state index in [1.807, 2.05) is 29.6 Å². The monoisotopic (exact) mass is 348 g/mol. The van der Waals surface area contributed by atoms with Crippen molar-refractivity contribution in [3.63, 3.8) is 0 Å². The lowest BCUT2D eigenvalue weighted by Gasteiger charge is -2.27. The Kier molecular flexibility index (Phi) is 5.59. The number of amides is 1. The summed E-state index contributed by atoms with van der Waals surface area (Å²) in [7, 11) is -1.18. The molecule has 0 aliphatic carbocycles. The number of thiophene rings is 1. The van der Waals surface area contributed by atoms with E-state index >= 15 is 0 Å². The average molecular weight is 348 g/mol. The van der Waals surface area contributed by atoms with Crippen LogP contribution in [0.2, 0.25) is 0 Å². The van der Waals surface area contributed by atoms with Crippen LogP contribution in [0.25, 0.3) is 11.1 Å². The first-order valence-electron chi connectivity index (χ1n) is 7.68. The zero-order valence-corrected chi connectivity index (χ0v) is 14.5. The van der Waals surface area contributed by atoms with E-state index < -0.39 is 10.8 Å². The predicted molar refractivity (Wildman–Crippen MR) is 95.9 cm³/mol. The van der Waals surface area contributed by atoms with Gasteiger partial charge in [-0.05, 0) is 33.5 Å². The molecule has 2 aromatic rings. The van der Waals surface area contributed by atoms with E-state index in [2.05, 4.69) is 16.8 Å². The van der Waals surface area contributed by atoms with E-state index in [-0.39, 0.29) is 11.7 Å². The topological polar surface area (TPSA) is 49.4 Å². The number of hydrogen-bond acceptors (Lipinski definition) is 4. The number of nitrogens with zero attached hydrogens (tertiary/aromatic N) is 1. The van der Waals surface area contributed by atoms with Crippen LogP contribution in [0.4, 0.5) is 0 Å². The summed E-state index contributed by atoms with van der Waals surface area (Å²) >= 11 is 1.65. The summed E-state index contributed by atoms with van der Waals surface area (Å²) in [6.45, 7) is 3.06. The standard InChI is InChI=1S/C17H20N2O2S2/c20-17(19-8-6-18-7-9-19)13-23(21)12-15-3-1-2-4-16(15)14-5-10-22-11-14/h1-5,10-11,18H,6-9,12-13H2. The fourth-order valence-corrected chi connectivity index (χ4v) is 4.53. The molecule has 1 aromatic carbocycles. The normalized spacial score (nSPS) is 16.3. The summed E-state index contributed by atoms with van der Waals surface area (Å²) in [5.41, 5.74) is 3.30. The summed E-state index contributed by atoms with van der Waals surface area (Å²) < 4.78 is 12.4. The van der Waals surface area contributed by atoms with Gasteiger partial charge in [0.1, 0.15) is 5.75 Å². The van der Waals surface area contributed by atoms with Crippen molar-refractivity contribution in [2.75, 3.05) is 31.9 Å². The zero-order valence-electron chi connectivity index (χ0n) is 12.9. The molecule has 1 aliphatic rings. The average Bonchev–Trinajstić information content (AvgIpc) is 3.10. The molecule has 1 N–H and O–H groups in total. The minimum atomic E-state index is -1.18. The number of carbonyl (C=O) groups is 1. The number of carbonyl (C=O) groups excluding carboxylic acids is 1. The second kappa shape index (κ2) is 7.86. The first kappa shape index (κ1) is 16.4. The maximum atomic E-state index is 12.4. The fraction of sp³-hybridized carbons (Fsp3) is 0.353. The van der Waals surface area contributed by atoms with Gasteiger partial charge in [0.2, 0.25) is 5.91 Å². The number of hydrogen-bond donors (Lipinski definition) is 1. The van der Waals surface area contributed by atoms with Crippen molar-refractivity contribution in [2.45, 2.75) is 5.75 Å². The maximum Gasteiger partial charge on any atom is 0.235 e. The second-order valence-corrected chi connectivity index (χ2v) is 7.77. The van der Waals surface area contributed by atoms with E-state index in [0.717, 1.165) is 29.8 Å². The first-order valence-corrected chi connectivity index (χ1v) is 10.1. The third kappa shape index (κ3) is 4.28. The van der Waals surface area contributed by atoms with Gasteiger partial charge in [-0.3, -0.25) is 9.00 Å². The van der Waals surface area contributed by atoms with Gasteiger partial charge in [0.05, 0.1) is 0 Å². The van der Waals surface area contributed by atoms with Crippen molar-refractivity contribution in [1.29, 1.82) is 0 Å². The molecule has 1 amide bonds. The Morgan fingerprint density at radius 1 is 1.22 bits per heavy atom. The first-order chi connectivity index (χ1) is 11.2. The van der Waals surface area contributed by atoms with Gasteiger partial charge >= 0.3 is 0 Å². The Bertz CT molecular complexity index is 680. The van der Waals surface area contributed by atoms with Gasteiger partial charge in [-0.25, -0.2) is 0 Å². The molecule has 4 nitrogen and oxygen atoms in total. The molecule has 23 heavy (non-hydrogen) atoms. The Balaban J connectivity index is 1.65. The molecule has 3 rings (SSSR count). The van der Waals surface area contributed by atoms with E-state index in [1.165, 1.54) is 0 Å². The van der Waals surface area contributed by atoms with Crippen molar-refractivity contribution >= 4 is 28.0 Å². The minimum absolute atomic E-state index is 0.00199. The number of piperazine rings is 1. The van der Waals surface area contributed by atoms with Crippen LogP contribution in [-0.2, 0) is 21.3 Å². The Morgan fingerprint density at radius 2 is 2.00 bits per heavy atom. The van der Waals surface area contributed by atoms with E-state index in [4.69, 9.17) is 0 Å². The van der Waals surface area contributed by atoms with Crippen LogP contribution < -0.4 is 5.32 Å². The van der Waals surface area contributed by atoms with Crippen molar-refractivity contribution in [2.24, 2.45) is 0 Å². The molecule has 0 bridgehead atoms. The highest BCUT2D eigenvalue weighted by molar-refractivity contribution is 7.84. The van der Waals surface area contributed by atoms with Crippen molar-refractivity contribution in [1.82, 2.24) is 10.2 Å². The lowest BCUT2D eigenvalue weighted by molar-refractivity contribution is -0.128. The van der Waals surface area contributed by atoms with Gasteiger partial charge in [-0.2, -0.15) is 11.3 Å². The lowest BCUT2D eigenvalue weighted by Crippen LogP contribution is -2.47. The van der Waals surface area contributed by atoms with Gasteiger partial charge < -0.3 is 10.2 Å². The number of nitrogens with one attached hydrogen (secondary N) is 1. The van der Waals surface area contributed by atoms with E-state index in [0.29, 0.717) is 18.8 Å². The quantitative estimate of drug-likeness (QED) is 0.900. The van der Waals surface area contributed by atoms with Crippen molar-refractivity contribution in [3.05, 3.63) is 46.7 Å². The second-order valence-electron chi connectivity index (χ2n) is 5.53. The van der Waals surface area contributed by atoms with Crippen LogP contribution in [0.15, 0.2) is 41.1 Å². The lowest BCUT2D eigenvalue weighted by atomic mass is 10.0. The van der Waals surface area contributed by atoms with Crippen molar-refractivity contribution < 1.29 is 9.00 Å². The molecule has 0 spiro atoms. The summed E-state index contributed by atoms with van der Waals surface area (Å²) in [6, 6.07) is 10.1. The van der Waals surface area contributed by atoms with E-state index in [1.54, 1.807) is 16.2 Å². The van der Waals surface area contributed by atoms with Gasteiger partial charge in [-0.15, -0.1) is 0 Å². The van der Waals surface area contributed by atoms with Crippen molar-refractivity contribution in [3.8, 4) is 11.1 Å². The van der Waals surface area contributed by atoms with Crippen LogP contribution in [0.3, 0.4) is 0 Å². The molecule has 1 atom stereocenters. The largest absolute Gasteiger partial charge is 0.339 e. The molecule has 0 radical (unpaired) electrons. The zero-order chi connectivity index (χ0) is 16.1. The molecule has 122 valence electrons. The van der Waals surface area contributed by atoms with E-state index in [9.17, 15) is 9.00 Å². The highest BCUT2D eigenvalue weighted by atomic mass is 32.2. The molecule has 2 heterocycles. The molecule has 1 aromatic heterocycles. The molecular weight excluding hydrogens is 328 g/mol. The third-order valence-corrected chi connectivity index (χ3v) is 5.81. The third-order valence-electron chi connectivity index (χ3n) is 3.92. The number of benzene rings is 1. The summed E-state index contributed by atoms with van der Waals surface area (Å²) in [4.78, 5) is 14.0. The fourth-order valence-electron chi connectivity index (χ4n) is 2.71. The van der Waals surface area contributed by atoms with Crippen LogP contribution in [-0.4, -0.2) is 46.9 Å². The SMILES string of the molecule is O=C(CS(=O)Cc1ccccc1-c1ccsc1)N1CCNCC1. The molecule has 6 heteroatoms. The Morgan fingerprint density at radius 3 is 2.74 bits per heavy atom. The molecule has 1 unspecified atom stereocenters. The van der Waals surface area contributed by atoms with Gasteiger partial charge in [-0.1, -0.05) is 24.3 Å². The van der Waals surface area contributed by atoms with Crippen LogP contribution in [0.1, 0.15) is 5.56 Å². The van der Waals surface area contributed by atoms with Crippen LogP contribution in [0, 0.1) is 0 Å². The smallest absolute Gasteiger partial charge is 0.235 e. The molecule has 1 aliphatic heterocycles. The van der Waals surface area contributed by atoms with Gasteiger partial charge in [0.25, 0.3) is 0 Å². The summed E-state index contributed by atoms with van der Waals surface area (Å²) in [6.07, 6.45) is 0. The molecular formula is C17H20N2O2S2. The molecule has 1 saturated heterocycles. The van der Waals surface area contributed by atoms with Crippen LogP contribution >= 0.6 is 11.3 Å². The minimum Gasteiger partial charge on any atom is -0.339 e. The maximum absolute atomic E-state index is 12.4. The highest BCUT2D eigenvalue weighted by Gasteiger charge is 2.19. The van der Waals surface area contributed by atoms with Gasteiger partial charge in [0, 0.05) is 42.7 Å². The van der Waals surface area contributed by atoms with Crippen LogP contribution in [0.5, 0.6) is 0 Å². The Hall–Kier alpha value is -1.50. The highest BCUT2D eigenvalue weighted by Crippen LogP contribution is 2.26. The number of rotatable bonds is 5. The Labute approximate surface area is 143 Å². The predicted octanol–water partition coefficient (Wildman–Crippen LogP) is 2.10. The molecule has 0 saturated carbocycles. The summed E-state index contributed by atoms with van der Waals surface area (Å²) in [5, 5.41) is 7.35.